The summed E-state index contributed by atoms with van der Waals surface area (Å²) in [4.78, 5) is 24.0. The SMILES string of the molecule is C[C@@H](NCc1ccccc1Cn1cccn1)C(=O)NC(=O)NC(C)(C)C. The van der Waals surface area contributed by atoms with Gasteiger partial charge in [-0.25, -0.2) is 4.79 Å². The van der Waals surface area contributed by atoms with Crippen LogP contribution in [-0.4, -0.2) is 33.3 Å². The van der Waals surface area contributed by atoms with Crippen molar-refractivity contribution in [3.8, 4) is 0 Å². The molecule has 26 heavy (non-hydrogen) atoms. The van der Waals surface area contributed by atoms with Crippen molar-refractivity contribution in [2.75, 3.05) is 0 Å². The molecule has 1 aromatic heterocycles. The van der Waals surface area contributed by atoms with E-state index in [1.165, 1.54) is 0 Å². The van der Waals surface area contributed by atoms with Crippen LogP contribution in [0.4, 0.5) is 4.79 Å². The molecule has 2 aromatic rings. The van der Waals surface area contributed by atoms with Gasteiger partial charge in [0.15, 0.2) is 0 Å². The first-order valence-corrected chi connectivity index (χ1v) is 8.65. The number of hydrogen-bond acceptors (Lipinski definition) is 4. The van der Waals surface area contributed by atoms with Gasteiger partial charge in [-0.2, -0.15) is 5.10 Å². The maximum atomic E-state index is 12.2. The molecule has 7 heteroatoms. The molecule has 0 saturated carbocycles. The van der Waals surface area contributed by atoms with Gasteiger partial charge in [-0.05, 0) is 44.9 Å². The maximum Gasteiger partial charge on any atom is 0.321 e. The number of nitrogens with one attached hydrogen (secondary N) is 3. The quantitative estimate of drug-likeness (QED) is 0.738. The van der Waals surface area contributed by atoms with E-state index in [9.17, 15) is 9.59 Å². The topological polar surface area (TPSA) is 88.1 Å². The molecular formula is C19H27N5O2. The summed E-state index contributed by atoms with van der Waals surface area (Å²) in [6, 6.07) is 8.90. The predicted molar refractivity (Wildman–Crippen MR) is 101 cm³/mol. The summed E-state index contributed by atoms with van der Waals surface area (Å²) in [5, 5.41) is 12.5. The summed E-state index contributed by atoms with van der Waals surface area (Å²) < 4.78 is 1.85. The Hall–Kier alpha value is -2.67. The minimum Gasteiger partial charge on any atom is -0.333 e. The molecule has 0 aliphatic carbocycles. The molecule has 1 aromatic carbocycles. The average molecular weight is 357 g/mol. The first kappa shape index (κ1) is 19.7. The standard InChI is InChI=1S/C19H27N5O2/c1-14(17(25)22-18(26)23-19(2,3)4)20-12-15-8-5-6-9-16(15)13-24-11-7-10-21-24/h5-11,14,20H,12-13H2,1-4H3,(H2,22,23,25,26)/t14-/m1/s1. The van der Waals surface area contributed by atoms with E-state index < -0.39 is 17.6 Å². The normalized spacial score (nSPS) is 12.5. The van der Waals surface area contributed by atoms with Gasteiger partial charge in [0.1, 0.15) is 0 Å². The number of carbonyl (C=O) groups excluding carboxylic acids is 2. The summed E-state index contributed by atoms with van der Waals surface area (Å²) >= 11 is 0. The van der Waals surface area contributed by atoms with Gasteiger partial charge in [-0.15, -0.1) is 0 Å². The van der Waals surface area contributed by atoms with E-state index in [0.29, 0.717) is 13.1 Å². The van der Waals surface area contributed by atoms with E-state index in [1.54, 1.807) is 13.1 Å². The van der Waals surface area contributed by atoms with Gasteiger partial charge in [-0.1, -0.05) is 24.3 Å². The fourth-order valence-electron chi connectivity index (χ4n) is 2.40. The Morgan fingerprint density at radius 1 is 1.15 bits per heavy atom. The molecule has 1 heterocycles. The zero-order chi connectivity index (χ0) is 19.2. The Morgan fingerprint density at radius 3 is 2.46 bits per heavy atom. The van der Waals surface area contributed by atoms with E-state index in [2.05, 4.69) is 21.0 Å². The van der Waals surface area contributed by atoms with Crippen LogP contribution in [0.3, 0.4) is 0 Å². The zero-order valence-corrected chi connectivity index (χ0v) is 15.7. The van der Waals surface area contributed by atoms with Gasteiger partial charge < -0.3 is 10.6 Å². The number of rotatable bonds is 6. The van der Waals surface area contributed by atoms with Crippen LogP contribution in [0.25, 0.3) is 0 Å². The fourth-order valence-corrected chi connectivity index (χ4v) is 2.40. The Kier molecular flexibility index (Phi) is 6.52. The summed E-state index contributed by atoms with van der Waals surface area (Å²) in [5.41, 5.74) is 1.82. The van der Waals surface area contributed by atoms with Crippen molar-refractivity contribution in [3.63, 3.8) is 0 Å². The molecule has 0 aliphatic rings. The van der Waals surface area contributed by atoms with E-state index >= 15 is 0 Å². The lowest BCUT2D eigenvalue weighted by Crippen LogP contribution is -2.52. The number of amides is 3. The summed E-state index contributed by atoms with van der Waals surface area (Å²) in [6.45, 7) is 8.49. The molecule has 2 rings (SSSR count). The second-order valence-corrected chi connectivity index (χ2v) is 7.27. The van der Waals surface area contributed by atoms with Crippen molar-refractivity contribution in [1.82, 2.24) is 25.7 Å². The highest BCUT2D eigenvalue weighted by Crippen LogP contribution is 2.10. The first-order valence-electron chi connectivity index (χ1n) is 8.65. The molecule has 1 atom stereocenters. The van der Waals surface area contributed by atoms with E-state index in [0.717, 1.165) is 11.1 Å². The van der Waals surface area contributed by atoms with Crippen LogP contribution < -0.4 is 16.0 Å². The molecule has 7 nitrogen and oxygen atoms in total. The van der Waals surface area contributed by atoms with Crippen LogP contribution in [0.15, 0.2) is 42.7 Å². The minimum atomic E-state index is -0.501. The fraction of sp³-hybridized carbons (Fsp3) is 0.421. The highest BCUT2D eigenvalue weighted by atomic mass is 16.2. The van der Waals surface area contributed by atoms with Crippen LogP contribution in [0.2, 0.25) is 0 Å². The molecule has 0 saturated heterocycles. The Morgan fingerprint density at radius 2 is 1.85 bits per heavy atom. The third-order valence-corrected chi connectivity index (χ3v) is 3.73. The lowest BCUT2D eigenvalue weighted by Gasteiger charge is -2.21. The third-order valence-electron chi connectivity index (χ3n) is 3.73. The summed E-state index contributed by atoms with van der Waals surface area (Å²) in [6.07, 6.45) is 3.66. The predicted octanol–water partition coefficient (Wildman–Crippen LogP) is 2.03. The van der Waals surface area contributed by atoms with E-state index in [-0.39, 0.29) is 5.91 Å². The van der Waals surface area contributed by atoms with E-state index in [1.807, 2.05) is 62.0 Å². The lowest BCUT2D eigenvalue weighted by molar-refractivity contribution is -0.121. The van der Waals surface area contributed by atoms with Crippen molar-refractivity contribution in [1.29, 1.82) is 0 Å². The highest BCUT2D eigenvalue weighted by molar-refractivity contribution is 5.97. The van der Waals surface area contributed by atoms with Crippen molar-refractivity contribution in [2.24, 2.45) is 0 Å². The number of nitrogens with zero attached hydrogens (tertiary/aromatic N) is 2. The molecule has 0 aliphatic heterocycles. The number of urea groups is 1. The van der Waals surface area contributed by atoms with Gasteiger partial charge in [-0.3, -0.25) is 14.8 Å². The minimum absolute atomic E-state index is 0.365. The monoisotopic (exact) mass is 357 g/mol. The van der Waals surface area contributed by atoms with Gasteiger partial charge in [0.25, 0.3) is 0 Å². The zero-order valence-electron chi connectivity index (χ0n) is 15.7. The van der Waals surface area contributed by atoms with Gasteiger partial charge >= 0.3 is 6.03 Å². The van der Waals surface area contributed by atoms with Crippen molar-refractivity contribution in [3.05, 3.63) is 53.9 Å². The van der Waals surface area contributed by atoms with Gasteiger partial charge in [0.2, 0.25) is 5.91 Å². The van der Waals surface area contributed by atoms with Crippen molar-refractivity contribution in [2.45, 2.75) is 52.4 Å². The number of imide groups is 1. The number of hydrogen-bond donors (Lipinski definition) is 3. The number of benzene rings is 1. The summed E-state index contributed by atoms with van der Waals surface area (Å²) in [5.74, 6) is -0.365. The van der Waals surface area contributed by atoms with Crippen LogP contribution >= 0.6 is 0 Å². The summed E-state index contributed by atoms with van der Waals surface area (Å²) in [7, 11) is 0. The molecule has 3 amide bonds. The van der Waals surface area contributed by atoms with Crippen molar-refractivity contribution >= 4 is 11.9 Å². The average Bonchev–Trinajstić information content (AvgIpc) is 3.04. The van der Waals surface area contributed by atoms with Crippen LogP contribution in [0, 0.1) is 0 Å². The van der Waals surface area contributed by atoms with Crippen LogP contribution in [0.1, 0.15) is 38.8 Å². The molecule has 0 bridgehead atoms. The second-order valence-electron chi connectivity index (χ2n) is 7.27. The van der Waals surface area contributed by atoms with Crippen LogP contribution in [0.5, 0.6) is 0 Å². The van der Waals surface area contributed by atoms with Gasteiger partial charge in [0, 0.05) is 24.5 Å². The lowest BCUT2D eigenvalue weighted by atomic mass is 10.1. The Labute approximate surface area is 154 Å². The number of carbonyl (C=O) groups is 2. The second kappa shape index (κ2) is 8.62. The first-order chi connectivity index (χ1) is 12.2. The van der Waals surface area contributed by atoms with Crippen molar-refractivity contribution < 1.29 is 9.59 Å². The third kappa shape index (κ3) is 6.33. The smallest absolute Gasteiger partial charge is 0.321 e. The molecule has 3 N–H and O–H groups in total. The number of aromatic nitrogens is 2. The van der Waals surface area contributed by atoms with E-state index in [4.69, 9.17) is 0 Å². The maximum absolute atomic E-state index is 12.2. The molecular weight excluding hydrogens is 330 g/mol. The van der Waals surface area contributed by atoms with Gasteiger partial charge in [0.05, 0.1) is 12.6 Å². The molecule has 0 radical (unpaired) electrons. The largest absolute Gasteiger partial charge is 0.333 e. The molecule has 0 unspecified atom stereocenters. The Balaban J connectivity index is 1.90. The Bertz CT molecular complexity index is 735. The molecule has 0 fully saturated rings. The highest BCUT2D eigenvalue weighted by Gasteiger charge is 2.19. The molecule has 0 spiro atoms. The molecule has 140 valence electrons. The van der Waals surface area contributed by atoms with Crippen LogP contribution in [-0.2, 0) is 17.9 Å².